The Hall–Kier alpha value is -1.44. The minimum Gasteiger partial charge on any atom is -0.353 e. The van der Waals surface area contributed by atoms with Crippen molar-refractivity contribution in [3.63, 3.8) is 0 Å². The fraction of sp³-hybridized carbons (Fsp3) is 0.611. The lowest BCUT2D eigenvalue weighted by Crippen LogP contribution is -2.48. The molecule has 0 spiro atoms. The standard InChI is InChI=1S/C18H29N3O3S/c1-12-9-13(2)17(14(3)10-12)25(23,24)21-8-6-7-16(21)18(22)20-11-15(4)19-5/h9-10,15-16,19H,6-8,11H2,1-5H3,(H,20,22). The van der Waals surface area contributed by atoms with E-state index in [9.17, 15) is 13.2 Å². The van der Waals surface area contributed by atoms with Crippen molar-refractivity contribution in [3.05, 3.63) is 28.8 Å². The zero-order chi connectivity index (χ0) is 18.8. The highest BCUT2D eigenvalue weighted by atomic mass is 32.2. The van der Waals surface area contributed by atoms with Gasteiger partial charge in [-0.2, -0.15) is 4.31 Å². The first-order valence-electron chi connectivity index (χ1n) is 8.73. The van der Waals surface area contributed by atoms with Gasteiger partial charge in [0.1, 0.15) is 6.04 Å². The molecule has 2 N–H and O–H groups in total. The predicted octanol–water partition coefficient (Wildman–Crippen LogP) is 1.49. The number of carbonyl (C=O) groups is 1. The van der Waals surface area contributed by atoms with Crippen molar-refractivity contribution in [1.82, 2.24) is 14.9 Å². The van der Waals surface area contributed by atoms with Crippen LogP contribution in [-0.2, 0) is 14.8 Å². The summed E-state index contributed by atoms with van der Waals surface area (Å²) in [5.41, 5.74) is 2.49. The van der Waals surface area contributed by atoms with Gasteiger partial charge in [0, 0.05) is 19.1 Å². The molecule has 0 aliphatic carbocycles. The fourth-order valence-corrected chi connectivity index (χ4v) is 5.53. The second-order valence-corrected chi connectivity index (χ2v) is 8.76. The summed E-state index contributed by atoms with van der Waals surface area (Å²) in [6, 6.07) is 3.25. The summed E-state index contributed by atoms with van der Waals surface area (Å²) in [6.07, 6.45) is 1.26. The van der Waals surface area contributed by atoms with Crippen LogP contribution in [0, 0.1) is 20.8 Å². The minimum absolute atomic E-state index is 0.136. The van der Waals surface area contributed by atoms with E-state index in [0.29, 0.717) is 30.8 Å². The molecule has 1 saturated heterocycles. The van der Waals surface area contributed by atoms with Crippen LogP contribution in [0.5, 0.6) is 0 Å². The molecule has 1 heterocycles. The molecule has 1 aliphatic rings. The molecular weight excluding hydrogens is 338 g/mol. The molecule has 1 aliphatic heterocycles. The molecule has 25 heavy (non-hydrogen) atoms. The lowest BCUT2D eigenvalue weighted by atomic mass is 10.1. The van der Waals surface area contributed by atoms with Crippen LogP contribution in [0.3, 0.4) is 0 Å². The van der Waals surface area contributed by atoms with Gasteiger partial charge in [0.15, 0.2) is 0 Å². The quantitative estimate of drug-likeness (QED) is 0.798. The Balaban J connectivity index is 2.28. The molecule has 6 nitrogen and oxygen atoms in total. The largest absolute Gasteiger partial charge is 0.353 e. The number of likely N-dealkylation sites (N-methyl/N-ethyl adjacent to an activating group) is 1. The van der Waals surface area contributed by atoms with Crippen LogP contribution in [0.2, 0.25) is 0 Å². The zero-order valence-electron chi connectivity index (χ0n) is 15.7. The zero-order valence-corrected chi connectivity index (χ0v) is 16.5. The maximum Gasteiger partial charge on any atom is 0.244 e. The highest BCUT2D eigenvalue weighted by molar-refractivity contribution is 7.89. The molecule has 7 heteroatoms. The second-order valence-electron chi connectivity index (χ2n) is 6.94. The van der Waals surface area contributed by atoms with Crippen molar-refractivity contribution in [3.8, 4) is 0 Å². The molecule has 1 amide bonds. The highest BCUT2D eigenvalue weighted by Crippen LogP contribution is 2.30. The summed E-state index contributed by atoms with van der Waals surface area (Å²) in [6.45, 7) is 8.39. The third-order valence-corrected chi connectivity index (χ3v) is 6.97. The van der Waals surface area contributed by atoms with E-state index in [1.165, 1.54) is 4.31 Å². The fourth-order valence-electron chi connectivity index (χ4n) is 3.45. The van der Waals surface area contributed by atoms with Crippen LogP contribution in [-0.4, -0.2) is 50.9 Å². The lowest BCUT2D eigenvalue weighted by molar-refractivity contribution is -0.124. The van der Waals surface area contributed by atoms with Gasteiger partial charge in [-0.05, 0) is 58.7 Å². The number of nitrogens with zero attached hydrogens (tertiary/aromatic N) is 1. The van der Waals surface area contributed by atoms with E-state index < -0.39 is 16.1 Å². The van der Waals surface area contributed by atoms with Crippen LogP contribution in [0.25, 0.3) is 0 Å². The van der Waals surface area contributed by atoms with Crippen LogP contribution in [0.1, 0.15) is 36.5 Å². The van der Waals surface area contributed by atoms with Gasteiger partial charge >= 0.3 is 0 Å². The summed E-state index contributed by atoms with van der Waals surface area (Å²) in [5.74, 6) is -0.217. The van der Waals surface area contributed by atoms with Gasteiger partial charge < -0.3 is 10.6 Å². The van der Waals surface area contributed by atoms with Crippen LogP contribution < -0.4 is 10.6 Å². The van der Waals surface area contributed by atoms with Crippen LogP contribution >= 0.6 is 0 Å². The monoisotopic (exact) mass is 367 g/mol. The van der Waals surface area contributed by atoms with Crippen molar-refractivity contribution in [2.75, 3.05) is 20.1 Å². The van der Waals surface area contributed by atoms with Gasteiger partial charge in [-0.3, -0.25) is 4.79 Å². The first kappa shape index (κ1) is 19.9. The van der Waals surface area contributed by atoms with Crippen molar-refractivity contribution >= 4 is 15.9 Å². The predicted molar refractivity (Wildman–Crippen MR) is 99.1 cm³/mol. The topological polar surface area (TPSA) is 78.5 Å². The maximum absolute atomic E-state index is 13.2. The number of rotatable bonds is 6. The average Bonchev–Trinajstić information content (AvgIpc) is 3.01. The summed E-state index contributed by atoms with van der Waals surface area (Å²) in [5, 5.41) is 5.91. The number of amides is 1. The van der Waals surface area contributed by atoms with Gasteiger partial charge in [0.05, 0.1) is 4.90 Å². The molecule has 0 saturated carbocycles. The van der Waals surface area contributed by atoms with E-state index in [2.05, 4.69) is 10.6 Å². The number of carbonyl (C=O) groups excluding carboxylic acids is 1. The Kier molecular flexibility index (Phi) is 6.24. The van der Waals surface area contributed by atoms with E-state index in [4.69, 9.17) is 0 Å². The molecule has 2 atom stereocenters. The number of benzene rings is 1. The Morgan fingerprint density at radius 2 is 1.88 bits per heavy atom. The lowest BCUT2D eigenvalue weighted by Gasteiger charge is -2.25. The van der Waals surface area contributed by atoms with E-state index in [1.54, 1.807) is 0 Å². The maximum atomic E-state index is 13.2. The van der Waals surface area contributed by atoms with Gasteiger partial charge in [0.2, 0.25) is 15.9 Å². The van der Waals surface area contributed by atoms with E-state index in [-0.39, 0.29) is 11.9 Å². The van der Waals surface area contributed by atoms with E-state index in [1.807, 2.05) is 46.9 Å². The molecule has 1 aromatic carbocycles. The summed E-state index contributed by atoms with van der Waals surface area (Å²) in [7, 11) is -1.87. The van der Waals surface area contributed by atoms with Crippen LogP contribution in [0.15, 0.2) is 17.0 Å². The summed E-state index contributed by atoms with van der Waals surface area (Å²) in [4.78, 5) is 12.9. The molecule has 2 unspecified atom stereocenters. The third kappa shape index (κ3) is 4.22. The summed E-state index contributed by atoms with van der Waals surface area (Å²) >= 11 is 0. The first-order valence-corrected chi connectivity index (χ1v) is 10.2. The van der Waals surface area contributed by atoms with Gasteiger partial charge in [-0.25, -0.2) is 8.42 Å². The molecule has 0 radical (unpaired) electrons. The third-order valence-electron chi connectivity index (χ3n) is 4.75. The Bertz CT molecular complexity index is 723. The number of aryl methyl sites for hydroxylation is 3. The Morgan fingerprint density at radius 1 is 1.28 bits per heavy atom. The van der Waals surface area contributed by atoms with Gasteiger partial charge in [0.25, 0.3) is 0 Å². The highest BCUT2D eigenvalue weighted by Gasteiger charge is 2.40. The number of hydrogen-bond acceptors (Lipinski definition) is 4. The van der Waals surface area contributed by atoms with Crippen molar-refractivity contribution < 1.29 is 13.2 Å². The second kappa shape index (κ2) is 7.85. The molecule has 0 bridgehead atoms. The van der Waals surface area contributed by atoms with Gasteiger partial charge in [-0.15, -0.1) is 0 Å². The molecule has 1 aromatic rings. The minimum atomic E-state index is -3.70. The SMILES string of the molecule is CNC(C)CNC(=O)C1CCCN1S(=O)(=O)c1c(C)cc(C)cc1C. The smallest absolute Gasteiger partial charge is 0.244 e. The van der Waals surface area contributed by atoms with Crippen LogP contribution in [0.4, 0.5) is 0 Å². The molecule has 0 aromatic heterocycles. The number of nitrogens with one attached hydrogen (secondary N) is 2. The molecular formula is C18H29N3O3S. The van der Waals surface area contributed by atoms with E-state index in [0.717, 1.165) is 16.7 Å². The number of hydrogen-bond donors (Lipinski definition) is 2. The summed E-state index contributed by atoms with van der Waals surface area (Å²) < 4.78 is 27.8. The molecule has 2 rings (SSSR count). The first-order chi connectivity index (χ1) is 11.7. The van der Waals surface area contributed by atoms with E-state index >= 15 is 0 Å². The normalized spacial score (nSPS) is 19.8. The Morgan fingerprint density at radius 3 is 2.44 bits per heavy atom. The van der Waals surface area contributed by atoms with Crippen molar-refractivity contribution in [2.45, 2.75) is 57.5 Å². The Labute approximate surface area is 151 Å². The average molecular weight is 368 g/mol. The van der Waals surface area contributed by atoms with Crippen molar-refractivity contribution in [2.24, 2.45) is 0 Å². The molecule has 1 fully saturated rings. The van der Waals surface area contributed by atoms with Crippen molar-refractivity contribution in [1.29, 1.82) is 0 Å². The molecule has 140 valence electrons. The number of sulfonamides is 1. The van der Waals surface area contributed by atoms with Gasteiger partial charge in [-0.1, -0.05) is 17.7 Å².